The molecule has 0 radical (unpaired) electrons. The van der Waals surface area contributed by atoms with E-state index in [4.69, 9.17) is 0 Å². The first kappa shape index (κ1) is 16.7. The van der Waals surface area contributed by atoms with Crippen molar-refractivity contribution in [1.29, 1.82) is 0 Å². The highest BCUT2D eigenvalue weighted by atomic mass is 16.3. The molecule has 2 N–H and O–H groups in total. The maximum Gasteiger partial charge on any atom is 0.112 e. The average molecular weight is 297 g/mol. The van der Waals surface area contributed by atoms with Crippen LogP contribution < -0.4 is 5.32 Å². The van der Waals surface area contributed by atoms with Crippen molar-refractivity contribution >= 4 is 0 Å². The van der Waals surface area contributed by atoms with Crippen molar-refractivity contribution in [3.05, 3.63) is 71.3 Å². The third kappa shape index (κ3) is 3.57. The molecular formula is C20H27NO. The molecule has 2 atom stereocenters. The van der Waals surface area contributed by atoms with Gasteiger partial charge in [0.15, 0.2) is 0 Å². The molecule has 2 nitrogen and oxygen atoms in total. The van der Waals surface area contributed by atoms with Gasteiger partial charge in [0.2, 0.25) is 0 Å². The predicted octanol–water partition coefficient (Wildman–Crippen LogP) is 3.90. The van der Waals surface area contributed by atoms with Gasteiger partial charge in [0.1, 0.15) is 5.60 Å². The first-order chi connectivity index (χ1) is 10.5. The molecule has 2 aromatic rings. The molecule has 2 rings (SSSR count). The first-order valence-corrected chi connectivity index (χ1v) is 7.99. The predicted molar refractivity (Wildman–Crippen MR) is 93.1 cm³/mol. The lowest BCUT2D eigenvalue weighted by Crippen LogP contribution is -2.24. The summed E-state index contributed by atoms with van der Waals surface area (Å²) in [5, 5.41) is 14.2. The quantitative estimate of drug-likeness (QED) is 0.847. The Morgan fingerprint density at radius 3 is 2.00 bits per heavy atom. The molecule has 22 heavy (non-hydrogen) atoms. The van der Waals surface area contributed by atoms with Crippen LogP contribution in [0.1, 0.15) is 43.4 Å². The molecule has 0 spiro atoms. The molecule has 118 valence electrons. The van der Waals surface area contributed by atoms with E-state index in [1.165, 1.54) is 5.56 Å². The first-order valence-electron chi connectivity index (χ1n) is 7.99. The molecule has 0 fully saturated rings. The van der Waals surface area contributed by atoms with Crippen LogP contribution in [0.2, 0.25) is 0 Å². The lowest BCUT2D eigenvalue weighted by molar-refractivity contribution is 0.102. The second-order valence-corrected chi connectivity index (χ2v) is 6.47. The summed E-state index contributed by atoms with van der Waals surface area (Å²) in [5.41, 5.74) is 2.20. The summed E-state index contributed by atoms with van der Waals surface area (Å²) < 4.78 is 0. The van der Waals surface area contributed by atoms with E-state index < -0.39 is 5.60 Å². The van der Waals surface area contributed by atoms with Crippen molar-refractivity contribution in [3.8, 4) is 0 Å². The van der Waals surface area contributed by atoms with Crippen LogP contribution in [0.15, 0.2) is 54.6 Å². The fourth-order valence-electron chi connectivity index (χ4n) is 2.94. The van der Waals surface area contributed by atoms with E-state index in [9.17, 15) is 5.11 Å². The van der Waals surface area contributed by atoms with Gasteiger partial charge in [0, 0.05) is 6.54 Å². The Balaban J connectivity index is 2.28. The standard InChI is InChI=1S/C20H27NO/c1-15(2)19(14-21-4)16-10-12-18(13-11-16)20(3,22)17-8-6-5-7-9-17/h5-13,15,19,21-22H,14H2,1-4H3. The Bertz CT molecular complexity index is 572. The van der Waals surface area contributed by atoms with Gasteiger partial charge in [-0.2, -0.15) is 0 Å². The summed E-state index contributed by atoms with van der Waals surface area (Å²) in [6.45, 7) is 7.31. The zero-order chi connectivity index (χ0) is 16.2. The normalized spacial score (nSPS) is 15.5. The van der Waals surface area contributed by atoms with Crippen LogP contribution in [-0.2, 0) is 5.60 Å². The SMILES string of the molecule is CNCC(c1ccc(C(C)(O)c2ccccc2)cc1)C(C)C. The molecule has 2 heteroatoms. The molecule has 2 unspecified atom stereocenters. The molecule has 0 aliphatic rings. The minimum Gasteiger partial charge on any atom is -0.381 e. The molecule has 2 aromatic carbocycles. The minimum absolute atomic E-state index is 0.487. The molecule has 0 aliphatic carbocycles. The van der Waals surface area contributed by atoms with Gasteiger partial charge in [-0.25, -0.2) is 0 Å². The van der Waals surface area contributed by atoms with Crippen LogP contribution in [0.25, 0.3) is 0 Å². The molecular weight excluding hydrogens is 270 g/mol. The van der Waals surface area contributed by atoms with E-state index in [0.717, 1.165) is 17.7 Å². The number of benzene rings is 2. The maximum absolute atomic E-state index is 10.9. The van der Waals surface area contributed by atoms with Gasteiger partial charge in [-0.05, 0) is 42.5 Å². The summed E-state index contributed by atoms with van der Waals surface area (Å²) in [4.78, 5) is 0. The number of hydrogen-bond acceptors (Lipinski definition) is 2. The number of aliphatic hydroxyl groups is 1. The van der Waals surface area contributed by atoms with Crippen molar-refractivity contribution in [2.24, 2.45) is 5.92 Å². The summed E-state index contributed by atoms with van der Waals surface area (Å²) >= 11 is 0. The van der Waals surface area contributed by atoms with Gasteiger partial charge in [0.25, 0.3) is 0 Å². The Labute approximate surface area is 134 Å². The largest absolute Gasteiger partial charge is 0.381 e. The van der Waals surface area contributed by atoms with E-state index in [2.05, 4.69) is 31.3 Å². The van der Waals surface area contributed by atoms with Crippen LogP contribution in [0.5, 0.6) is 0 Å². The van der Waals surface area contributed by atoms with E-state index >= 15 is 0 Å². The highest BCUT2D eigenvalue weighted by Crippen LogP contribution is 2.31. The van der Waals surface area contributed by atoms with E-state index in [1.54, 1.807) is 0 Å². The van der Waals surface area contributed by atoms with Crippen molar-refractivity contribution in [2.75, 3.05) is 13.6 Å². The summed E-state index contributed by atoms with van der Waals surface area (Å²) in [6.07, 6.45) is 0. The van der Waals surface area contributed by atoms with Crippen LogP contribution >= 0.6 is 0 Å². The van der Waals surface area contributed by atoms with Crippen molar-refractivity contribution < 1.29 is 5.11 Å². The number of hydrogen-bond donors (Lipinski definition) is 2. The lowest BCUT2D eigenvalue weighted by atomic mass is 9.84. The molecule has 0 heterocycles. The fraction of sp³-hybridized carbons (Fsp3) is 0.400. The van der Waals surface area contributed by atoms with Gasteiger partial charge < -0.3 is 10.4 Å². The summed E-state index contributed by atoms with van der Waals surface area (Å²) in [6, 6.07) is 18.2. The van der Waals surface area contributed by atoms with E-state index in [-0.39, 0.29) is 0 Å². The van der Waals surface area contributed by atoms with Crippen molar-refractivity contribution in [3.63, 3.8) is 0 Å². The van der Waals surface area contributed by atoms with Crippen molar-refractivity contribution in [1.82, 2.24) is 5.32 Å². The fourth-order valence-corrected chi connectivity index (χ4v) is 2.94. The second kappa shape index (κ2) is 7.08. The maximum atomic E-state index is 10.9. The number of rotatable bonds is 6. The van der Waals surface area contributed by atoms with Crippen LogP contribution in [0.4, 0.5) is 0 Å². The molecule has 0 saturated carbocycles. The van der Waals surface area contributed by atoms with Crippen molar-refractivity contribution in [2.45, 2.75) is 32.3 Å². The molecule has 0 bridgehead atoms. The van der Waals surface area contributed by atoms with E-state index in [0.29, 0.717) is 11.8 Å². The Hall–Kier alpha value is -1.64. The molecule has 0 aromatic heterocycles. The van der Waals surface area contributed by atoms with Gasteiger partial charge >= 0.3 is 0 Å². The Morgan fingerprint density at radius 1 is 0.955 bits per heavy atom. The van der Waals surface area contributed by atoms with Gasteiger partial charge in [-0.15, -0.1) is 0 Å². The molecule has 0 saturated heterocycles. The minimum atomic E-state index is -0.962. The van der Waals surface area contributed by atoms with Gasteiger partial charge in [0.05, 0.1) is 0 Å². The highest BCUT2D eigenvalue weighted by Gasteiger charge is 2.25. The zero-order valence-corrected chi connectivity index (χ0v) is 14.0. The highest BCUT2D eigenvalue weighted by molar-refractivity contribution is 5.37. The zero-order valence-electron chi connectivity index (χ0n) is 14.0. The Morgan fingerprint density at radius 2 is 1.50 bits per heavy atom. The van der Waals surface area contributed by atoms with Gasteiger partial charge in [-0.1, -0.05) is 68.4 Å². The van der Waals surface area contributed by atoms with Crippen LogP contribution in [-0.4, -0.2) is 18.7 Å². The average Bonchev–Trinajstić information content (AvgIpc) is 2.53. The monoisotopic (exact) mass is 297 g/mol. The summed E-state index contributed by atoms with van der Waals surface area (Å²) in [5.74, 6) is 1.06. The van der Waals surface area contributed by atoms with E-state index in [1.807, 2.05) is 56.4 Å². The van der Waals surface area contributed by atoms with Crippen LogP contribution in [0.3, 0.4) is 0 Å². The topological polar surface area (TPSA) is 32.3 Å². The third-order valence-electron chi connectivity index (χ3n) is 4.47. The number of likely N-dealkylation sites (N-methyl/N-ethyl adjacent to an activating group) is 1. The number of nitrogens with one attached hydrogen (secondary N) is 1. The lowest BCUT2D eigenvalue weighted by Gasteiger charge is -2.26. The third-order valence-corrected chi connectivity index (χ3v) is 4.47. The van der Waals surface area contributed by atoms with Gasteiger partial charge in [-0.3, -0.25) is 0 Å². The summed E-state index contributed by atoms with van der Waals surface area (Å²) in [7, 11) is 1.99. The smallest absolute Gasteiger partial charge is 0.112 e. The Kier molecular flexibility index (Phi) is 5.38. The second-order valence-electron chi connectivity index (χ2n) is 6.47. The van der Waals surface area contributed by atoms with Crippen LogP contribution in [0, 0.1) is 5.92 Å². The molecule has 0 aliphatic heterocycles. The molecule has 0 amide bonds.